The van der Waals surface area contributed by atoms with Crippen LogP contribution >= 0.6 is 31.9 Å². The third-order valence-electron chi connectivity index (χ3n) is 1.66. The Kier molecular flexibility index (Phi) is 7.04. The molecule has 0 amide bonds. The molecule has 0 aromatic carbocycles. The van der Waals surface area contributed by atoms with E-state index in [-0.39, 0.29) is 17.5 Å². The molecule has 0 aromatic rings. The molecule has 0 heterocycles. The second-order valence-electron chi connectivity index (χ2n) is 4.19. The summed E-state index contributed by atoms with van der Waals surface area (Å²) in [4.78, 5) is 11.7. The minimum absolute atomic E-state index is 0.00738. The fourth-order valence-corrected chi connectivity index (χ4v) is 2.13. The molecule has 2 nitrogen and oxygen atoms in total. The van der Waals surface area contributed by atoms with Crippen LogP contribution in [0.4, 0.5) is 0 Å². The summed E-state index contributed by atoms with van der Waals surface area (Å²) in [6.07, 6.45) is 1.67. The van der Waals surface area contributed by atoms with Crippen LogP contribution in [0.15, 0.2) is 0 Å². The Bertz CT molecular complexity index is 169. The second-order valence-corrected chi connectivity index (χ2v) is 5.77. The van der Waals surface area contributed by atoms with Crippen molar-refractivity contribution in [3.63, 3.8) is 0 Å². The highest BCUT2D eigenvalue weighted by Crippen LogP contribution is 2.18. The maximum atomic E-state index is 11.7. The molecule has 0 aromatic heterocycles. The van der Waals surface area contributed by atoms with E-state index >= 15 is 0 Å². The summed E-state index contributed by atoms with van der Waals surface area (Å²) >= 11 is 6.69. The van der Waals surface area contributed by atoms with E-state index in [4.69, 9.17) is 4.74 Å². The maximum absolute atomic E-state index is 11.7. The van der Waals surface area contributed by atoms with Crippen molar-refractivity contribution in [2.75, 3.05) is 10.7 Å². The molecule has 0 aliphatic heterocycles. The molecular formula is C10H18Br2O2. The molecule has 0 N–H and O–H groups in total. The van der Waals surface area contributed by atoms with E-state index in [1.807, 2.05) is 20.8 Å². The zero-order valence-corrected chi connectivity index (χ0v) is 12.2. The summed E-state index contributed by atoms with van der Waals surface area (Å²) in [5, 5.41) is 1.67. The van der Waals surface area contributed by atoms with Crippen molar-refractivity contribution in [2.24, 2.45) is 5.92 Å². The summed E-state index contributed by atoms with van der Waals surface area (Å²) < 4.78 is 5.32. The lowest BCUT2D eigenvalue weighted by Crippen LogP contribution is -2.29. The van der Waals surface area contributed by atoms with Crippen molar-refractivity contribution in [1.82, 2.24) is 0 Å². The first-order valence-corrected chi connectivity index (χ1v) is 7.00. The van der Waals surface area contributed by atoms with Crippen molar-refractivity contribution in [3.8, 4) is 0 Å². The van der Waals surface area contributed by atoms with Gasteiger partial charge in [-0.05, 0) is 33.6 Å². The zero-order chi connectivity index (χ0) is 11.2. The number of hydrogen-bond acceptors (Lipinski definition) is 2. The Morgan fingerprint density at radius 2 is 1.64 bits per heavy atom. The highest BCUT2D eigenvalue weighted by molar-refractivity contribution is 9.09. The SMILES string of the molecule is CC(C)(C)OC(=O)C(CCBr)CCBr. The summed E-state index contributed by atoms with van der Waals surface area (Å²) in [6, 6.07) is 0. The van der Waals surface area contributed by atoms with Gasteiger partial charge in [0, 0.05) is 10.7 Å². The van der Waals surface area contributed by atoms with Gasteiger partial charge in [-0.3, -0.25) is 4.79 Å². The third kappa shape index (κ3) is 6.82. The summed E-state index contributed by atoms with van der Waals surface area (Å²) in [7, 11) is 0. The van der Waals surface area contributed by atoms with Crippen molar-refractivity contribution in [2.45, 2.75) is 39.2 Å². The van der Waals surface area contributed by atoms with Crippen LogP contribution in [0.25, 0.3) is 0 Å². The summed E-state index contributed by atoms with van der Waals surface area (Å²) in [6.45, 7) is 5.68. The summed E-state index contributed by atoms with van der Waals surface area (Å²) in [5.41, 5.74) is -0.381. The maximum Gasteiger partial charge on any atom is 0.309 e. The highest BCUT2D eigenvalue weighted by atomic mass is 79.9. The Balaban J connectivity index is 4.14. The van der Waals surface area contributed by atoms with Crippen LogP contribution in [-0.4, -0.2) is 22.2 Å². The van der Waals surface area contributed by atoms with E-state index in [2.05, 4.69) is 31.9 Å². The Morgan fingerprint density at radius 1 is 1.21 bits per heavy atom. The Hall–Kier alpha value is 0.430. The molecule has 0 radical (unpaired) electrons. The molecular weight excluding hydrogens is 312 g/mol. The largest absolute Gasteiger partial charge is 0.460 e. The van der Waals surface area contributed by atoms with E-state index in [1.54, 1.807) is 0 Å². The molecule has 84 valence electrons. The second kappa shape index (κ2) is 6.83. The number of hydrogen-bond donors (Lipinski definition) is 0. The topological polar surface area (TPSA) is 26.3 Å². The first-order chi connectivity index (χ1) is 6.40. The van der Waals surface area contributed by atoms with Crippen molar-refractivity contribution in [1.29, 1.82) is 0 Å². The Morgan fingerprint density at radius 3 is 1.93 bits per heavy atom. The highest BCUT2D eigenvalue weighted by Gasteiger charge is 2.23. The average molecular weight is 330 g/mol. The normalized spacial score (nSPS) is 11.9. The van der Waals surface area contributed by atoms with Crippen LogP contribution in [0.1, 0.15) is 33.6 Å². The lowest BCUT2D eigenvalue weighted by molar-refractivity contribution is -0.160. The number of carbonyl (C=O) groups excluding carboxylic acids is 1. The number of alkyl halides is 2. The van der Waals surface area contributed by atoms with Crippen LogP contribution in [0, 0.1) is 5.92 Å². The van der Waals surface area contributed by atoms with Gasteiger partial charge in [-0.2, -0.15) is 0 Å². The molecule has 0 rings (SSSR count). The molecule has 0 saturated carbocycles. The van der Waals surface area contributed by atoms with Crippen LogP contribution in [0.2, 0.25) is 0 Å². The van der Waals surface area contributed by atoms with Gasteiger partial charge in [0.05, 0.1) is 5.92 Å². The minimum atomic E-state index is -0.381. The molecule has 0 atom stereocenters. The molecule has 0 aliphatic carbocycles. The first kappa shape index (κ1) is 14.4. The Labute approximate surface area is 103 Å². The van der Waals surface area contributed by atoms with Gasteiger partial charge in [0.25, 0.3) is 0 Å². The van der Waals surface area contributed by atoms with Gasteiger partial charge in [0.2, 0.25) is 0 Å². The van der Waals surface area contributed by atoms with Crippen LogP contribution < -0.4 is 0 Å². The van der Waals surface area contributed by atoms with Crippen molar-refractivity contribution >= 4 is 37.8 Å². The van der Waals surface area contributed by atoms with Crippen molar-refractivity contribution in [3.05, 3.63) is 0 Å². The molecule has 0 bridgehead atoms. The van der Waals surface area contributed by atoms with E-state index in [0.29, 0.717) is 0 Å². The van der Waals surface area contributed by atoms with Gasteiger partial charge >= 0.3 is 5.97 Å². The van der Waals surface area contributed by atoms with Gasteiger partial charge in [0.15, 0.2) is 0 Å². The monoisotopic (exact) mass is 328 g/mol. The fraction of sp³-hybridized carbons (Fsp3) is 0.900. The van der Waals surface area contributed by atoms with Gasteiger partial charge < -0.3 is 4.74 Å². The van der Waals surface area contributed by atoms with Crippen LogP contribution in [0.3, 0.4) is 0 Å². The number of rotatable bonds is 5. The standard InChI is InChI=1S/C10H18Br2O2/c1-10(2,3)14-9(13)8(4-6-11)5-7-12/h8H,4-7H2,1-3H3. The molecule has 0 saturated heterocycles. The van der Waals surface area contributed by atoms with E-state index in [0.717, 1.165) is 23.5 Å². The zero-order valence-electron chi connectivity index (χ0n) is 8.98. The van der Waals surface area contributed by atoms with E-state index in [9.17, 15) is 4.79 Å². The third-order valence-corrected chi connectivity index (χ3v) is 2.57. The molecule has 0 unspecified atom stereocenters. The number of carbonyl (C=O) groups is 1. The molecule has 4 heteroatoms. The lowest BCUT2D eigenvalue weighted by Gasteiger charge is -2.23. The predicted octanol–water partition coefficient (Wildman–Crippen LogP) is 3.51. The van der Waals surface area contributed by atoms with E-state index < -0.39 is 0 Å². The van der Waals surface area contributed by atoms with Gasteiger partial charge in [0.1, 0.15) is 5.60 Å². The summed E-state index contributed by atoms with van der Waals surface area (Å²) in [5.74, 6) is -0.0793. The first-order valence-electron chi connectivity index (χ1n) is 4.75. The lowest BCUT2D eigenvalue weighted by atomic mass is 10.0. The molecule has 0 fully saturated rings. The predicted molar refractivity (Wildman–Crippen MR) is 66.2 cm³/mol. The van der Waals surface area contributed by atoms with Crippen LogP contribution in [0.5, 0.6) is 0 Å². The smallest absolute Gasteiger partial charge is 0.309 e. The average Bonchev–Trinajstić information content (AvgIpc) is 2.01. The number of ether oxygens (including phenoxy) is 1. The molecule has 0 aliphatic rings. The van der Waals surface area contributed by atoms with Crippen LogP contribution in [-0.2, 0) is 9.53 Å². The van der Waals surface area contributed by atoms with E-state index in [1.165, 1.54) is 0 Å². The quantitative estimate of drug-likeness (QED) is 0.570. The fourth-order valence-electron chi connectivity index (χ4n) is 1.03. The number of esters is 1. The number of halogens is 2. The molecule has 14 heavy (non-hydrogen) atoms. The van der Waals surface area contributed by atoms with Crippen molar-refractivity contribution < 1.29 is 9.53 Å². The minimum Gasteiger partial charge on any atom is -0.460 e. The van der Waals surface area contributed by atoms with Gasteiger partial charge in [-0.25, -0.2) is 0 Å². The van der Waals surface area contributed by atoms with Gasteiger partial charge in [-0.15, -0.1) is 0 Å². The van der Waals surface area contributed by atoms with Gasteiger partial charge in [-0.1, -0.05) is 31.9 Å². The molecule has 0 spiro atoms.